The Morgan fingerprint density at radius 1 is 1.54 bits per heavy atom. The minimum absolute atomic E-state index is 0.00763. The number of phenols is 1. The number of alkyl halides is 1. The lowest BCUT2D eigenvalue weighted by atomic mass is 10.1. The lowest BCUT2D eigenvalue weighted by Gasteiger charge is -2.02. The van der Waals surface area contributed by atoms with Crippen LogP contribution in [0.4, 0.5) is 0 Å². The van der Waals surface area contributed by atoms with Gasteiger partial charge in [-0.15, -0.1) is 11.6 Å². The van der Waals surface area contributed by atoms with E-state index in [4.69, 9.17) is 11.6 Å². The van der Waals surface area contributed by atoms with Gasteiger partial charge in [-0.2, -0.15) is 0 Å². The molecule has 2 nitrogen and oxygen atoms in total. The molecule has 0 bridgehead atoms. The highest BCUT2D eigenvalue weighted by molar-refractivity contribution is 6.27. The van der Waals surface area contributed by atoms with Gasteiger partial charge in [-0.05, 0) is 24.1 Å². The molecule has 0 atom stereocenters. The van der Waals surface area contributed by atoms with E-state index in [2.05, 4.69) is 0 Å². The first-order chi connectivity index (χ1) is 6.13. The average Bonchev–Trinajstić information content (AvgIpc) is 2.11. The maximum absolute atomic E-state index is 11.0. The first-order valence-electron chi connectivity index (χ1n) is 3.99. The van der Waals surface area contributed by atoms with Gasteiger partial charge in [0.25, 0.3) is 0 Å². The molecule has 0 aliphatic heterocycles. The molecular formula is C10H11ClO2. The summed E-state index contributed by atoms with van der Waals surface area (Å²) < 4.78 is 0. The number of benzene rings is 1. The fraction of sp³-hybridized carbons (Fsp3) is 0.300. The Hall–Kier alpha value is -1.02. The van der Waals surface area contributed by atoms with E-state index in [0.29, 0.717) is 6.42 Å². The maximum Gasteiger partial charge on any atom is 0.151 e. The molecule has 70 valence electrons. The average molecular weight is 199 g/mol. The van der Waals surface area contributed by atoms with E-state index in [9.17, 15) is 9.90 Å². The minimum atomic E-state index is -0.00763. The summed E-state index contributed by atoms with van der Waals surface area (Å²) in [7, 11) is 0. The van der Waals surface area contributed by atoms with Crippen molar-refractivity contribution in [3.8, 4) is 5.75 Å². The number of hydrogen-bond acceptors (Lipinski definition) is 2. The van der Waals surface area contributed by atoms with Crippen molar-refractivity contribution in [2.75, 3.05) is 5.88 Å². The molecule has 0 saturated carbocycles. The summed E-state index contributed by atoms with van der Waals surface area (Å²) in [4.78, 5) is 11.0. The first kappa shape index (κ1) is 10.1. The quantitative estimate of drug-likeness (QED) is 0.755. The number of Topliss-reactive ketones (excluding diaryl/α,β-unsaturated/α-hetero) is 1. The largest absolute Gasteiger partial charge is 0.508 e. The summed E-state index contributed by atoms with van der Waals surface area (Å²) in [5.74, 6) is 0.286. The van der Waals surface area contributed by atoms with Crippen molar-refractivity contribution < 1.29 is 9.90 Å². The van der Waals surface area contributed by atoms with Gasteiger partial charge in [0.05, 0.1) is 5.88 Å². The number of hydrogen-bond donors (Lipinski definition) is 1. The van der Waals surface area contributed by atoms with E-state index in [1.807, 2.05) is 0 Å². The van der Waals surface area contributed by atoms with Gasteiger partial charge in [0, 0.05) is 6.42 Å². The summed E-state index contributed by atoms with van der Waals surface area (Å²) in [6.07, 6.45) is 0.338. The van der Waals surface area contributed by atoms with Crippen LogP contribution in [0.25, 0.3) is 0 Å². The van der Waals surface area contributed by atoms with Gasteiger partial charge in [-0.25, -0.2) is 0 Å². The van der Waals surface area contributed by atoms with Gasteiger partial charge >= 0.3 is 0 Å². The zero-order chi connectivity index (χ0) is 9.84. The molecule has 0 saturated heterocycles. The summed E-state index contributed by atoms with van der Waals surface area (Å²) in [6.45, 7) is 1.80. The molecule has 1 N–H and O–H groups in total. The lowest BCUT2D eigenvalue weighted by Crippen LogP contribution is -2.03. The second-order valence-corrected chi connectivity index (χ2v) is 3.24. The highest BCUT2D eigenvalue weighted by Crippen LogP contribution is 2.17. The van der Waals surface area contributed by atoms with Crippen LogP contribution < -0.4 is 0 Å². The number of aromatic hydroxyl groups is 1. The normalized spacial score (nSPS) is 10.0. The molecule has 1 rings (SSSR count). The minimum Gasteiger partial charge on any atom is -0.508 e. The van der Waals surface area contributed by atoms with Crippen molar-refractivity contribution in [1.29, 1.82) is 0 Å². The number of phenolic OH excluding ortho intramolecular Hbond substituents is 1. The fourth-order valence-electron chi connectivity index (χ4n) is 1.10. The zero-order valence-electron chi connectivity index (χ0n) is 7.38. The number of carbonyl (C=O) groups is 1. The molecule has 3 heteroatoms. The smallest absolute Gasteiger partial charge is 0.151 e. The Bertz CT molecular complexity index is 321. The van der Waals surface area contributed by atoms with E-state index in [0.717, 1.165) is 11.1 Å². The Kier molecular flexibility index (Phi) is 3.32. The topological polar surface area (TPSA) is 37.3 Å². The molecule has 1 aromatic carbocycles. The Balaban J connectivity index is 2.79. The van der Waals surface area contributed by atoms with Gasteiger partial charge in [-0.3, -0.25) is 4.79 Å². The van der Waals surface area contributed by atoms with Crippen molar-refractivity contribution in [3.05, 3.63) is 29.3 Å². The molecule has 0 radical (unpaired) electrons. The Morgan fingerprint density at radius 3 is 2.77 bits per heavy atom. The lowest BCUT2D eigenvalue weighted by molar-refractivity contribution is -0.116. The van der Waals surface area contributed by atoms with E-state index in [-0.39, 0.29) is 17.4 Å². The van der Waals surface area contributed by atoms with Crippen LogP contribution in [0.2, 0.25) is 0 Å². The highest BCUT2D eigenvalue weighted by Gasteiger charge is 2.03. The molecule has 0 aliphatic carbocycles. The summed E-state index contributed by atoms with van der Waals surface area (Å²) in [5.41, 5.74) is 1.67. The standard InChI is InChI=1S/C10H11ClO2/c1-7-4-8(2-3-10(7)13)5-9(12)6-11/h2-4,13H,5-6H2,1H3. The van der Waals surface area contributed by atoms with Crippen molar-refractivity contribution in [1.82, 2.24) is 0 Å². The van der Waals surface area contributed by atoms with Crippen molar-refractivity contribution in [2.24, 2.45) is 0 Å². The van der Waals surface area contributed by atoms with Crippen LogP contribution in [0.5, 0.6) is 5.75 Å². The number of carbonyl (C=O) groups excluding carboxylic acids is 1. The second-order valence-electron chi connectivity index (χ2n) is 2.97. The molecule has 0 aromatic heterocycles. The van der Waals surface area contributed by atoms with Crippen molar-refractivity contribution in [2.45, 2.75) is 13.3 Å². The van der Waals surface area contributed by atoms with Crippen molar-refractivity contribution in [3.63, 3.8) is 0 Å². The summed E-state index contributed by atoms with van der Waals surface area (Å²) in [5, 5.41) is 9.22. The molecule has 0 spiro atoms. The predicted molar refractivity (Wildman–Crippen MR) is 52.3 cm³/mol. The molecule has 0 amide bonds. The molecule has 0 fully saturated rings. The predicted octanol–water partition coefficient (Wildman–Crippen LogP) is 2.05. The SMILES string of the molecule is Cc1cc(CC(=O)CCl)ccc1O. The van der Waals surface area contributed by atoms with E-state index >= 15 is 0 Å². The molecule has 13 heavy (non-hydrogen) atoms. The number of aryl methyl sites for hydroxylation is 1. The first-order valence-corrected chi connectivity index (χ1v) is 4.53. The van der Waals surface area contributed by atoms with E-state index in [1.165, 1.54) is 0 Å². The number of ketones is 1. The van der Waals surface area contributed by atoms with Crippen molar-refractivity contribution >= 4 is 17.4 Å². The van der Waals surface area contributed by atoms with Crippen LogP contribution in [0, 0.1) is 6.92 Å². The van der Waals surface area contributed by atoms with E-state index in [1.54, 1.807) is 25.1 Å². The van der Waals surface area contributed by atoms with Crippen LogP contribution in [-0.4, -0.2) is 16.8 Å². The zero-order valence-corrected chi connectivity index (χ0v) is 8.14. The van der Waals surface area contributed by atoms with Crippen LogP contribution in [0.15, 0.2) is 18.2 Å². The Morgan fingerprint density at radius 2 is 2.23 bits per heavy atom. The molecule has 0 heterocycles. The van der Waals surface area contributed by atoms with Gasteiger partial charge in [0.2, 0.25) is 0 Å². The molecular weight excluding hydrogens is 188 g/mol. The van der Waals surface area contributed by atoms with Gasteiger partial charge in [0.1, 0.15) is 5.75 Å². The second kappa shape index (κ2) is 4.28. The van der Waals surface area contributed by atoms with Crippen LogP contribution >= 0.6 is 11.6 Å². The van der Waals surface area contributed by atoms with Gasteiger partial charge in [-0.1, -0.05) is 12.1 Å². The highest BCUT2D eigenvalue weighted by atomic mass is 35.5. The summed E-state index contributed by atoms with van der Waals surface area (Å²) >= 11 is 5.37. The van der Waals surface area contributed by atoms with Gasteiger partial charge < -0.3 is 5.11 Å². The fourth-order valence-corrected chi connectivity index (χ4v) is 1.20. The molecule has 1 aromatic rings. The third-order valence-corrected chi connectivity index (χ3v) is 2.11. The third-order valence-electron chi connectivity index (χ3n) is 1.81. The number of rotatable bonds is 3. The summed E-state index contributed by atoms with van der Waals surface area (Å²) in [6, 6.07) is 5.11. The number of halogens is 1. The van der Waals surface area contributed by atoms with Crippen LogP contribution in [0.3, 0.4) is 0 Å². The van der Waals surface area contributed by atoms with E-state index < -0.39 is 0 Å². The third kappa shape index (κ3) is 2.74. The van der Waals surface area contributed by atoms with Crippen LogP contribution in [0.1, 0.15) is 11.1 Å². The van der Waals surface area contributed by atoms with Gasteiger partial charge in [0.15, 0.2) is 5.78 Å². The monoisotopic (exact) mass is 198 g/mol. The molecule has 0 aliphatic rings. The molecule has 0 unspecified atom stereocenters. The Labute approximate surface area is 82.2 Å². The maximum atomic E-state index is 11.0. The van der Waals surface area contributed by atoms with Crippen LogP contribution in [-0.2, 0) is 11.2 Å².